The average molecular weight is 426 g/mol. The van der Waals surface area contributed by atoms with Gasteiger partial charge < -0.3 is 20.3 Å². The molecule has 1 fully saturated rings. The Morgan fingerprint density at radius 1 is 1.52 bits per heavy atom. The first-order chi connectivity index (χ1) is 13.6. The lowest BCUT2D eigenvalue weighted by molar-refractivity contribution is -0.0840. The number of methoxy groups -OCH3 is 1. The Balaban J connectivity index is 2.13. The minimum Gasteiger partial charge on any atom is -0.465 e. The number of nitrogens with two attached hydrogens (primary N) is 1. The summed E-state index contributed by atoms with van der Waals surface area (Å²) in [5, 5.41) is 10.2. The van der Waals surface area contributed by atoms with Crippen molar-refractivity contribution in [2.24, 2.45) is 10.9 Å². The lowest BCUT2D eigenvalue weighted by Gasteiger charge is -2.48. The minimum atomic E-state index is -1.10. The third-order valence-electron chi connectivity index (χ3n) is 5.33. The van der Waals surface area contributed by atoms with E-state index in [0.717, 1.165) is 0 Å². The van der Waals surface area contributed by atoms with Crippen LogP contribution in [-0.4, -0.2) is 59.0 Å². The Hall–Kier alpha value is -1.84. The smallest absolute Gasteiger partial charge is 0.413 e. The molecule has 2 heterocycles. The maximum absolute atomic E-state index is 14.9. The van der Waals surface area contributed by atoms with Gasteiger partial charge in [0.2, 0.25) is 0 Å². The second-order valence-electron chi connectivity index (χ2n) is 8.48. The van der Waals surface area contributed by atoms with Gasteiger partial charge in [0.05, 0.1) is 19.3 Å². The molecule has 3 unspecified atom stereocenters. The minimum absolute atomic E-state index is 0.0444. The monoisotopic (exact) mass is 425 g/mol. The van der Waals surface area contributed by atoms with Crippen LogP contribution in [0.25, 0.3) is 0 Å². The van der Waals surface area contributed by atoms with Gasteiger partial charge in [-0.25, -0.2) is 14.2 Å². The zero-order valence-electron chi connectivity index (χ0n) is 17.1. The number of halogens is 1. The van der Waals surface area contributed by atoms with Crippen molar-refractivity contribution in [3.8, 4) is 0 Å². The molecule has 1 amide bonds. The van der Waals surface area contributed by atoms with Gasteiger partial charge in [-0.1, -0.05) is 11.8 Å². The Labute approximate surface area is 174 Å². The molecule has 0 aliphatic carbocycles. The van der Waals surface area contributed by atoms with Crippen LogP contribution >= 0.6 is 11.8 Å². The third-order valence-corrected chi connectivity index (χ3v) is 6.43. The van der Waals surface area contributed by atoms with Gasteiger partial charge >= 0.3 is 6.09 Å². The molecule has 160 valence electrons. The molecule has 0 bridgehead atoms. The van der Waals surface area contributed by atoms with Gasteiger partial charge in [0.25, 0.3) is 0 Å². The molecular formula is C20H28FN3O4S. The fraction of sp³-hybridized carbons (Fsp3) is 0.600. The molecule has 3 rings (SSSR count). The fourth-order valence-electron chi connectivity index (χ4n) is 3.96. The highest BCUT2D eigenvalue weighted by Gasteiger charge is 2.51. The summed E-state index contributed by atoms with van der Waals surface area (Å²) < 4.78 is 26.2. The van der Waals surface area contributed by atoms with Crippen LogP contribution in [0.5, 0.6) is 0 Å². The van der Waals surface area contributed by atoms with Crippen LogP contribution in [-0.2, 0) is 15.0 Å². The normalized spacial score (nSPS) is 27.1. The molecule has 29 heavy (non-hydrogen) atoms. The molecule has 0 saturated carbocycles. The van der Waals surface area contributed by atoms with Crippen LogP contribution < -0.4 is 5.73 Å². The van der Waals surface area contributed by atoms with E-state index in [0.29, 0.717) is 35.2 Å². The van der Waals surface area contributed by atoms with Crippen molar-refractivity contribution in [2.45, 2.75) is 44.4 Å². The zero-order chi connectivity index (χ0) is 21.4. The van der Waals surface area contributed by atoms with Crippen LogP contribution in [0.15, 0.2) is 23.2 Å². The number of nitrogen functional groups attached to an aromatic ring is 1. The van der Waals surface area contributed by atoms with E-state index in [1.807, 2.05) is 0 Å². The van der Waals surface area contributed by atoms with Crippen LogP contribution in [0.1, 0.15) is 32.8 Å². The molecule has 9 heteroatoms. The quantitative estimate of drug-likeness (QED) is 0.719. The predicted octanol–water partition coefficient (Wildman–Crippen LogP) is 3.54. The number of ether oxygens (including phenoxy) is 2. The van der Waals surface area contributed by atoms with Gasteiger partial charge in [0, 0.05) is 35.6 Å². The molecule has 0 radical (unpaired) electrons. The summed E-state index contributed by atoms with van der Waals surface area (Å²) in [6, 6.07) is 4.41. The molecule has 1 saturated heterocycles. The Kier molecular flexibility index (Phi) is 6.12. The second kappa shape index (κ2) is 8.12. The fourth-order valence-corrected chi connectivity index (χ4v) is 5.43. The summed E-state index contributed by atoms with van der Waals surface area (Å²) >= 11 is 1.38. The summed E-state index contributed by atoms with van der Waals surface area (Å²) in [5.74, 6) is 0.124. The Morgan fingerprint density at radius 2 is 2.24 bits per heavy atom. The van der Waals surface area contributed by atoms with Crippen molar-refractivity contribution in [1.82, 2.24) is 4.90 Å². The molecule has 2 aliphatic heterocycles. The van der Waals surface area contributed by atoms with Gasteiger partial charge in [0.1, 0.15) is 11.4 Å². The first kappa shape index (κ1) is 21.9. The Bertz CT molecular complexity index is 813. The number of hydrogen-bond acceptors (Lipinski definition) is 6. The number of amides is 1. The van der Waals surface area contributed by atoms with Gasteiger partial charge in [-0.2, -0.15) is 0 Å². The summed E-state index contributed by atoms with van der Waals surface area (Å²) in [6.45, 7) is 5.98. The van der Waals surface area contributed by atoms with Crippen molar-refractivity contribution in [1.29, 1.82) is 0 Å². The first-order valence-corrected chi connectivity index (χ1v) is 10.5. The SMILES string of the molecule is COCC1CC2CSC(N(C(=O)O)C(C)(C)C)=NC2(c2cc(N)ccc2F)CO1. The number of rotatable bonds is 3. The third kappa shape index (κ3) is 4.22. The highest BCUT2D eigenvalue weighted by atomic mass is 32.2. The van der Waals surface area contributed by atoms with Crippen molar-refractivity contribution < 1.29 is 23.8 Å². The van der Waals surface area contributed by atoms with E-state index < -0.39 is 23.0 Å². The zero-order valence-corrected chi connectivity index (χ0v) is 18.0. The molecule has 1 aromatic rings. The lowest BCUT2D eigenvalue weighted by atomic mass is 9.75. The van der Waals surface area contributed by atoms with Gasteiger partial charge in [-0.05, 0) is 45.4 Å². The molecule has 3 N–H and O–H groups in total. The number of benzene rings is 1. The number of fused-ring (bicyclic) bond motifs is 1. The number of carboxylic acid groups (broad SMARTS) is 1. The molecular weight excluding hydrogens is 397 g/mol. The molecule has 0 aromatic heterocycles. The van der Waals surface area contributed by atoms with Crippen LogP contribution in [0.2, 0.25) is 0 Å². The maximum atomic E-state index is 14.9. The molecule has 2 aliphatic rings. The number of hydrogen-bond donors (Lipinski definition) is 2. The van der Waals surface area contributed by atoms with E-state index in [2.05, 4.69) is 0 Å². The number of thioether (sulfide) groups is 1. The number of anilines is 1. The van der Waals surface area contributed by atoms with Crippen LogP contribution in [0.3, 0.4) is 0 Å². The van der Waals surface area contributed by atoms with Crippen molar-refractivity contribution >= 4 is 28.7 Å². The van der Waals surface area contributed by atoms with Crippen LogP contribution in [0, 0.1) is 11.7 Å². The van der Waals surface area contributed by atoms with Gasteiger partial charge in [-0.15, -0.1) is 0 Å². The van der Waals surface area contributed by atoms with Gasteiger partial charge in [-0.3, -0.25) is 4.90 Å². The molecule has 0 spiro atoms. The number of amidine groups is 1. The number of aliphatic imine (C=N–C) groups is 1. The molecule has 7 nitrogen and oxygen atoms in total. The van der Waals surface area contributed by atoms with E-state index in [9.17, 15) is 14.3 Å². The van der Waals surface area contributed by atoms with E-state index >= 15 is 0 Å². The summed E-state index contributed by atoms with van der Waals surface area (Å²) in [7, 11) is 1.61. The molecule has 3 atom stereocenters. The number of nitrogens with zero attached hydrogens (tertiary/aromatic N) is 2. The highest BCUT2D eigenvalue weighted by molar-refractivity contribution is 8.13. The maximum Gasteiger partial charge on any atom is 0.413 e. The average Bonchev–Trinajstić information content (AvgIpc) is 2.62. The van der Waals surface area contributed by atoms with E-state index in [-0.39, 0.29) is 18.6 Å². The standard InChI is InChI=1S/C20H28FN3O4S/c1-19(2,3)24(18(25)26)17-23-20(15-8-13(22)5-6-16(15)21)11-28-14(9-27-4)7-12(20)10-29-17/h5-6,8,12,14H,7,9-11,22H2,1-4H3,(H,25,26). The van der Waals surface area contributed by atoms with Crippen molar-refractivity contribution in [3.05, 3.63) is 29.6 Å². The highest BCUT2D eigenvalue weighted by Crippen LogP contribution is 2.48. The predicted molar refractivity (Wildman–Crippen MR) is 112 cm³/mol. The van der Waals surface area contributed by atoms with Crippen molar-refractivity contribution in [2.75, 3.05) is 31.8 Å². The topological polar surface area (TPSA) is 97.4 Å². The Morgan fingerprint density at radius 3 is 2.86 bits per heavy atom. The van der Waals surface area contributed by atoms with E-state index in [1.165, 1.54) is 28.8 Å². The van der Waals surface area contributed by atoms with Crippen molar-refractivity contribution in [3.63, 3.8) is 0 Å². The van der Waals surface area contributed by atoms with E-state index in [1.54, 1.807) is 33.9 Å². The molecule has 1 aromatic carbocycles. The van der Waals surface area contributed by atoms with E-state index in [4.69, 9.17) is 20.2 Å². The lowest BCUT2D eigenvalue weighted by Crippen LogP contribution is -2.55. The largest absolute Gasteiger partial charge is 0.465 e. The van der Waals surface area contributed by atoms with Crippen LogP contribution in [0.4, 0.5) is 14.9 Å². The first-order valence-electron chi connectivity index (χ1n) is 9.50. The summed E-state index contributed by atoms with van der Waals surface area (Å²) in [5.41, 5.74) is 4.98. The second-order valence-corrected chi connectivity index (χ2v) is 9.47. The van der Waals surface area contributed by atoms with Gasteiger partial charge in [0.15, 0.2) is 5.17 Å². The number of carbonyl (C=O) groups is 1. The summed E-state index contributed by atoms with van der Waals surface area (Å²) in [6.07, 6.45) is -0.578. The summed E-state index contributed by atoms with van der Waals surface area (Å²) in [4.78, 5) is 18.1.